The van der Waals surface area contributed by atoms with Crippen molar-refractivity contribution in [2.75, 3.05) is 5.73 Å². The number of pyridine rings is 1. The van der Waals surface area contributed by atoms with Crippen molar-refractivity contribution in [2.45, 2.75) is 20.4 Å². The Kier molecular flexibility index (Phi) is 3.00. The van der Waals surface area contributed by atoms with E-state index in [1.807, 2.05) is 10.6 Å². The minimum atomic E-state index is -0.122. The van der Waals surface area contributed by atoms with Crippen molar-refractivity contribution in [2.24, 2.45) is 0 Å². The third-order valence-corrected chi connectivity index (χ3v) is 2.99. The Hall–Kier alpha value is -2.03. The van der Waals surface area contributed by atoms with Gasteiger partial charge in [0.05, 0.1) is 5.69 Å². The molecule has 0 saturated carbocycles. The summed E-state index contributed by atoms with van der Waals surface area (Å²) in [6.45, 7) is 4.92. The number of hydrogen-bond acceptors (Lipinski definition) is 2. The van der Waals surface area contributed by atoms with E-state index in [2.05, 4.69) is 26.0 Å². The van der Waals surface area contributed by atoms with Crippen LogP contribution in [0.15, 0.2) is 41.5 Å². The number of nitrogens with zero attached hydrogens (tertiary/aromatic N) is 1. The first-order valence-electron chi connectivity index (χ1n) is 5.58. The zero-order chi connectivity index (χ0) is 12.4. The third-order valence-electron chi connectivity index (χ3n) is 2.99. The third kappa shape index (κ3) is 2.38. The highest BCUT2D eigenvalue weighted by atomic mass is 16.1. The quantitative estimate of drug-likeness (QED) is 0.855. The van der Waals surface area contributed by atoms with Gasteiger partial charge < -0.3 is 10.3 Å². The molecule has 0 aliphatic carbocycles. The molecule has 0 aliphatic rings. The van der Waals surface area contributed by atoms with Crippen LogP contribution < -0.4 is 11.2 Å². The van der Waals surface area contributed by atoms with Gasteiger partial charge in [-0.05, 0) is 30.5 Å². The van der Waals surface area contributed by atoms with E-state index in [4.69, 9.17) is 5.73 Å². The average molecular weight is 228 g/mol. The summed E-state index contributed by atoms with van der Waals surface area (Å²) in [5.41, 5.74) is 9.56. The molecule has 3 heteroatoms. The Bertz CT molecular complexity index is 579. The molecule has 0 spiro atoms. The van der Waals surface area contributed by atoms with E-state index in [9.17, 15) is 4.79 Å². The fourth-order valence-electron chi connectivity index (χ4n) is 1.92. The van der Waals surface area contributed by atoms with Crippen molar-refractivity contribution in [1.29, 1.82) is 0 Å². The summed E-state index contributed by atoms with van der Waals surface area (Å²) in [4.78, 5) is 11.2. The molecule has 0 atom stereocenters. The maximum absolute atomic E-state index is 11.2. The summed E-state index contributed by atoms with van der Waals surface area (Å²) in [5, 5.41) is 0. The van der Waals surface area contributed by atoms with E-state index in [1.54, 1.807) is 12.4 Å². The van der Waals surface area contributed by atoms with Crippen molar-refractivity contribution in [1.82, 2.24) is 4.57 Å². The first-order chi connectivity index (χ1) is 8.08. The first-order valence-corrected chi connectivity index (χ1v) is 5.58. The number of benzene rings is 1. The van der Waals surface area contributed by atoms with E-state index < -0.39 is 0 Å². The van der Waals surface area contributed by atoms with Gasteiger partial charge in [-0.3, -0.25) is 4.79 Å². The molecule has 2 N–H and O–H groups in total. The molecule has 0 amide bonds. The molecule has 2 rings (SSSR count). The largest absolute Gasteiger partial charge is 0.394 e. The molecule has 0 radical (unpaired) electrons. The van der Waals surface area contributed by atoms with Crippen LogP contribution in [0.25, 0.3) is 0 Å². The lowest BCUT2D eigenvalue weighted by Gasteiger charge is -2.12. The maximum Gasteiger partial charge on any atom is 0.204 e. The van der Waals surface area contributed by atoms with Crippen molar-refractivity contribution < 1.29 is 0 Å². The predicted molar refractivity (Wildman–Crippen MR) is 70.1 cm³/mol. The summed E-state index contributed by atoms with van der Waals surface area (Å²) in [6, 6.07) is 7.74. The lowest BCUT2D eigenvalue weighted by molar-refractivity contribution is 0.781. The highest BCUT2D eigenvalue weighted by Crippen LogP contribution is 2.14. The van der Waals surface area contributed by atoms with Crippen LogP contribution in [0.5, 0.6) is 0 Å². The highest BCUT2D eigenvalue weighted by Gasteiger charge is 2.03. The van der Waals surface area contributed by atoms with Crippen molar-refractivity contribution in [3.63, 3.8) is 0 Å². The van der Waals surface area contributed by atoms with Crippen molar-refractivity contribution in [3.05, 3.63) is 63.6 Å². The number of aromatic nitrogens is 1. The van der Waals surface area contributed by atoms with Gasteiger partial charge in [0.15, 0.2) is 0 Å². The summed E-state index contributed by atoms with van der Waals surface area (Å²) in [7, 11) is 0. The Morgan fingerprint density at radius 3 is 2.41 bits per heavy atom. The monoisotopic (exact) mass is 228 g/mol. The van der Waals surface area contributed by atoms with Gasteiger partial charge in [0.2, 0.25) is 5.43 Å². The predicted octanol–water partition coefficient (Wildman–Crippen LogP) is 2.10. The van der Waals surface area contributed by atoms with Crippen molar-refractivity contribution in [3.8, 4) is 0 Å². The second-order valence-electron chi connectivity index (χ2n) is 4.31. The number of aryl methyl sites for hydroxylation is 2. The zero-order valence-corrected chi connectivity index (χ0v) is 10.1. The van der Waals surface area contributed by atoms with Crippen LogP contribution in [0, 0.1) is 13.8 Å². The SMILES string of the molecule is Cc1cccc(C)c1Cn1ccc(=O)c(N)c1. The van der Waals surface area contributed by atoms with Gasteiger partial charge in [-0.2, -0.15) is 0 Å². The van der Waals surface area contributed by atoms with Crippen LogP contribution >= 0.6 is 0 Å². The maximum atomic E-state index is 11.2. The fourth-order valence-corrected chi connectivity index (χ4v) is 1.92. The molecule has 0 fully saturated rings. The molecular formula is C14H16N2O. The van der Waals surface area contributed by atoms with E-state index in [0.717, 1.165) is 6.54 Å². The summed E-state index contributed by atoms with van der Waals surface area (Å²) in [6.07, 6.45) is 3.46. The number of hydrogen-bond donors (Lipinski definition) is 1. The minimum absolute atomic E-state index is 0.122. The summed E-state index contributed by atoms with van der Waals surface area (Å²) < 4.78 is 1.94. The Balaban J connectivity index is 2.38. The standard InChI is InChI=1S/C14H16N2O/c1-10-4-3-5-11(2)12(10)8-16-7-6-14(17)13(15)9-16/h3-7,9H,8,15H2,1-2H3. The fraction of sp³-hybridized carbons (Fsp3) is 0.214. The molecule has 1 heterocycles. The lowest BCUT2D eigenvalue weighted by Crippen LogP contribution is -2.12. The molecule has 0 unspecified atom stereocenters. The van der Waals surface area contributed by atoms with Gasteiger partial charge in [-0.1, -0.05) is 18.2 Å². The van der Waals surface area contributed by atoms with Gasteiger partial charge in [0, 0.05) is 25.0 Å². The average Bonchev–Trinajstić information content (AvgIpc) is 2.28. The second kappa shape index (κ2) is 4.45. The van der Waals surface area contributed by atoms with E-state index >= 15 is 0 Å². The summed E-state index contributed by atoms with van der Waals surface area (Å²) in [5.74, 6) is 0. The molecule has 0 bridgehead atoms. The van der Waals surface area contributed by atoms with Crippen LogP contribution in [0.3, 0.4) is 0 Å². The topological polar surface area (TPSA) is 48.0 Å². The van der Waals surface area contributed by atoms with Gasteiger partial charge in [-0.25, -0.2) is 0 Å². The van der Waals surface area contributed by atoms with Crippen LogP contribution in [0.4, 0.5) is 5.69 Å². The van der Waals surface area contributed by atoms with Gasteiger partial charge in [0.25, 0.3) is 0 Å². The Labute approximate surface area is 101 Å². The normalized spacial score (nSPS) is 10.5. The molecule has 0 aliphatic heterocycles. The molecule has 0 saturated heterocycles. The van der Waals surface area contributed by atoms with Crippen LogP contribution in [-0.4, -0.2) is 4.57 Å². The number of nitrogen functional groups attached to an aromatic ring is 1. The van der Waals surface area contributed by atoms with Crippen molar-refractivity contribution >= 4 is 5.69 Å². The zero-order valence-electron chi connectivity index (χ0n) is 10.1. The number of rotatable bonds is 2. The number of nitrogens with two attached hydrogens (primary N) is 1. The van der Waals surface area contributed by atoms with E-state index in [-0.39, 0.29) is 5.43 Å². The highest BCUT2D eigenvalue weighted by molar-refractivity contribution is 5.36. The van der Waals surface area contributed by atoms with E-state index in [1.165, 1.54) is 22.8 Å². The summed E-state index contributed by atoms with van der Waals surface area (Å²) >= 11 is 0. The van der Waals surface area contributed by atoms with E-state index in [0.29, 0.717) is 5.69 Å². The second-order valence-corrected chi connectivity index (χ2v) is 4.31. The van der Waals surface area contributed by atoms with Gasteiger partial charge >= 0.3 is 0 Å². The molecule has 3 nitrogen and oxygen atoms in total. The Morgan fingerprint density at radius 1 is 1.18 bits per heavy atom. The van der Waals surface area contributed by atoms with Crippen LogP contribution in [-0.2, 0) is 6.54 Å². The smallest absolute Gasteiger partial charge is 0.204 e. The molecule has 1 aromatic carbocycles. The molecule has 17 heavy (non-hydrogen) atoms. The molecular weight excluding hydrogens is 212 g/mol. The minimum Gasteiger partial charge on any atom is -0.394 e. The lowest BCUT2D eigenvalue weighted by atomic mass is 10.0. The van der Waals surface area contributed by atoms with Gasteiger partial charge in [0.1, 0.15) is 0 Å². The van der Waals surface area contributed by atoms with Crippen LogP contribution in [0.2, 0.25) is 0 Å². The molecule has 1 aromatic heterocycles. The number of anilines is 1. The van der Waals surface area contributed by atoms with Gasteiger partial charge in [-0.15, -0.1) is 0 Å². The first kappa shape index (κ1) is 11.5. The van der Waals surface area contributed by atoms with Crippen LogP contribution in [0.1, 0.15) is 16.7 Å². The molecule has 2 aromatic rings. The Morgan fingerprint density at radius 2 is 1.82 bits per heavy atom. The molecule has 88 valence electrons.